The first-order valence-electron chi connectivity index (χ1n) is 4.58. The van der Waals surface area contributed by atoms with Gasteiger partial charge in [0, 0.05) is 12.6 Å². The molecule has 0 amide bonds. The molecule has 0 atom stereocenters. The molecule has 0 aromatic heterocycles. The van der Waals surface area contributed by atoms with Gasteiger partial charge in [0.2, 0.25) is 0 Å². The third-order valence-corrected chi connectivity index (χ3v) is 1.78. The standard InChI is InChI=1S/C10H15N.C2H3N/c1-10(2,3)8-4-6-9(11)7-5-8;1-2-3/h4-7H,11H2,1-3H3;1H3. The fourth-order valence-corrected chi connectivity index (χ4v) is 0.983. The molecular formula is C12H18N2. The molecule has 76 valence electrons. The van der Waals surface area contributed by atoms with Crippen molar-refractivity contribution in [1.82, 2.24) is 0 Å². The molecule has 1 aromatic rings. The highest BCUT2D eigenvalue weighted by atomic mass is 14.5. The van der Waals surface area contributed by atoms with Crippen LogP contribution in [0.25, 0.3) is 0 Å². The predicted octanol–water partition coefficient (Wildman–Crippen LogP) is 3.10. The number of anilines is 1. The minimum absolute atomic E-state index is 0.230. The number of hydrogen-bond donors (Lipinski definition) is 1. The molecule has 0 unspecified atom stereocenters. The van der Waals surface area contributed by atoms with Gasteiger partial charge in [0.1, 0.15) is 0 Å². The van der Waals surface area contributed by atoms with Gasteiger partial charge in [-0.25, -0.2) is 0 Å². The van der Waals surface area contributed by atoms with E-state index >= 15 is 0 Å². The summed E-state index contributed by atoms with van der Waals surface area (Å²) in [4.78, 5) is 0. The molecule has 0 spiro atoms. The minimum atomic E-state index is 0.230. The highest BCUT2D eigenvalue weighted by molar-refractivity contribution is 5.40. The Morgan fingerprint density at radius 1 is 1.14 bits per heavy atom. The summed E-state index contributed by atoms with van der Waals surface area (Å²) in [6.07, 6.45) is 0. The van der Waals surface area contributed by atoms with Crippen LogP contribution >= 0.6 is 0 Å². The van der Waals surface area contributed by atoms with Crippen LogP contribution in [-0.2, 0) is 5.41 Å². The lowest BCUT2D eigenvalue weighted by atomic mass is 9.87. The molecule has 2 N–H and O–H groups in total. The van der Waals surface area contributed by atoms with Gasteiger partial charge in [-0.3, -0.25) is 0 Å². The number of nitriles is 1. The summed E-state index contributed by atoms with van der Waals surface area (Å²) in [6, 6.07) is 9.80. The summed E-state index contributed by atoms with van der Waals surface area (Å²) in [5, 5.41) is 7.32. The van der Waals surface area contributed by atoms with Crippen molar-refractivity contribution in [3.63, 3.8) is 0 Å². The summed E-state index contributed by atoms with van der Waals surface area (Å²) < 4.78 is 0. The summed E-state index contributed by atoms with van der Waals surface area (Å²) in [7, 11) is 0. The molecule has 0 aliphatic heterocycles. The molecule has 14 heavy (non-hydrogen) atoms. The maximum absolute atomic E-state index is 7.32. The summed E-state index contributed by atoms with van der Waals surface area (Å²) in [6.45, 7) is 8.01. The Morgan fingerprint density at radius 3 is 1.79 bits per heavy atom. The number of benzene rings is 1. The van der Waals surface area contributed by atoms with E-state index in [1.165, 1.54) is 12.5 Å². The first-order chi connectivity index (χ1) is 6.41. The molecule has 0 heterocycles. The maximum Gasteiger partial charge on any atom is 0.0587 e. The van der Waals surface area contributed by atoms with E-state index in [-0.39, 0.29) is 5.41 Å². The Kier molecular flexibility index (Phi) is 4.72. The highest BCUT2D eigenvalue weighted by Crippen LogP contribution is 2.22. The van der Waals surface area contributed by atoms with Crippen LogP contribution in [0.15, 0.2) is 24.3 Å². The van der Waals surface area contributed by atoms with Crippen molar-refractivity contribution >= 4 is 5.69 Å². The second kappa shape index (κ2) is 5.29. The summed E-state index contributed by atoms with van der Waals surface area (Å²) in [5.74, 6) is 0. The summed E-state index contributed by atoms with van der Waals surface area (Å²) in [5.41, 5.74) is 7.96. The zero-order valence-corrected chi connectivity index (χ0v) is 9.33. The first-order valence-corrected chi connectivity index (χ1v) is 4.58. The van der Waals surface area contributed by atoms with Gasteiger partial charge in [0.25, 0.3) is 0 Å². The first kappa shape index (κ1) is 12.5. The van der Waals surface area contributed by atoms with Crippen LogP contribution in [0.3, 0.4) is 0 Å². The van der Waals surface area contributed by atoms with Crippen molar-refractivity contribution in [1.29, 1.82) is 5.26 Å². The van der Waals surface area contributed by atoms with Crippen LogP contribution in [0.4, 0.5) is 5.69 Å². The lowest BCUT2D eigenvalue weighted by Gasteiger charge is -2.18. The van der Waals surface area contributed by atoms with Gasteiger partial charge in [0.05, 0.1) is 6.07 Å². The van der Waals surface area contributed by atoms with E-state index in [2.05, 4.69) is 32.9 Å². The largest absolute Gasteiger partial charge is 0.399 e. The molecule has 2 nitrogen and oxygen atoms in total. The Hall–Kier alpha value is -1.49. The third-order valence-electron chi connectivity index (χ3n) is 1.78. The van der Waals surface area contributed by atoms with E-state index in [0.29, 0.717) is 0 Å². The van der Waals surface area contributed by atoms with E-state index in [0.717, 1.165) is 5.69 Å². The van der Waals surface area contributed by atoms with Crippen molar-refractivity contribution in [3.05, 3.63) is 29.8 Å². The monoisotopic (exact) mass is 190 g/mol. The quantitative estimate of drug-likeness (QED) is 0.639. The van der Waals surface area contributed by atoms with Gasteiger partial charge in [-0.2, -0.15) is 5.26 Å². The van der Waals surface area contributed by atoms with Crippen molar-refractivity contribution < 1.29 is 0 Å². The smallest absolute Gasteiger partial charge is 0.0587 e. The molecule has 1 rings (SSSR count). The maximum atomic E-state index is 7.32. The van der Waals surface area contributed by atoms with Gasteiger partial charge in [-0.15, -0.1) is 0 Å². The average molecular weight is 190 g/mol. The van der Waals surface area contributed by atoms with E-state index < -0.39 is 0 Å². The third kappa shape index (κ3) is 4.51. The van der Waals surface area contributed by atoms with Gasteiger partial charge in [-0.1, -0.05) is 32.9 Å². The van der Waals surface area contributed by atoms with Crippen molar-refractivity contribution in [3.8, 4) is 6.07 Å². The van der Waals surface area contributed by atoms with Crippen molar-refractivity contribution in [2.75, 3.05) is 5.73 Å². The molecular weight excluding hydrogens is 172 g/mol. The van der Waals surface area contributed by atoms with E-state index in [1.54, 1.807) is 6.07 Å². The highest BCUT2D eigenvalue weighted by Gasteiger charge is 2.11. The van der Waals surface area contributed by atoms with Crippen molar-refractivity contribution in [2.24, 2.45) is 0 Å². The fourth-order valence-electron chi connectivity index (χ4n) is 0.983. The fraction of sp³-hybridized carbons (Fsp3) is 0.417. The zero-order valence-electron chi connectivity index (χ0n) is 9.33. The Morgan fingerprint density at radius 2 is 1.50 bits per heavy atom. The van der Waals surface area contributed by atoms with Crippen LogP contribution in [-0.4, -0.2) is 0 Å². The van der Waals surface area contributed by atoms with Gasteiger partial charge in [-0.05, 0) is 23.1 Å². The number of rotatable bonds is 0. The molecule has 0 aliphatic rings. The van der Waals surface area contributed by atoms with Crippen molar-refractivity contribution in [2.45, 2.75) is 33.1 Å². The molecule has 0 bridgehead atoms. The topological polar surface area (TPSA) is 49.8 Å². The van der Waals surface area contributed by atoms with Gasteiger partial charge >= 0.3 is 0 Å². The minimum Gasteiger partial charge on any atom is -0.399 e. The van der Waals surface area contributed by atoms with E-state index in [4.69, 9.17) is 11.0 Å². The summed E-state index contributed by atoms with van der Waals surface area (Å²) >= 11 is 0. The average Bonchev–Trinajstić information content (AvgIpc) is 2.04. The second-order valence-electron chi connectivity index (χ2n) is 4.10. The number of nitrogen functional groups attached to an aromatic ring is 1. The van der Waals surface area contributed by atoms with Crippen LogP contribution < -0.4 is 5.73 Å². The zero-order chi connectivity index (χ0) is 11.2. The van der Waals surface area contributed by atoms with E-state index in [9.17, 15) is 0 Å². The van der Waals surface area contributed by atoms with Crippen LogP contribution in [0.5, 0.6) is 0 Å². The normalized spacial score (nSPS) is 9.64. The van der Waals surface area contributed by atoms with E-state index in [1.807, 2.05) is 12.1 Å². The molecule has 2 heteroatoms. The van der Waals surface area contributed by atoms with Gasteiger partial charge in [0.15, 0.2) is 0 Å². The molecule has 0 radical (unpaired) electrons. The van der Waals surface area contributed by atoms with Crippen LogP contribution in [0.1, 0.15) is 33.3 Å². The second-order valence-corrected chi connectivity index (χ2v) is 4.10. The number of nitrogens with two attached hydrogens (primary N) is 1. The number of hydrogen-bond acceptors (Lipinski definition) is 2. The molecule has 0 saturated heterocycles. The predicted molar refractivity (Wildman–Crippen MR) is 60.8 cm³/mol. The molecule has 0 aliphatic carbocycles. The molecule has 0 saturated carbocycles. The van der Waals surface area contributed by atoms with Crippen LogP contribution in [0.2, 0.25) is 0 Å². The molecule has 1 aromatic carbocycles. The Labute approximate surface area is 86.4 Å². The SMILES string of the molecule is CC#N.CC(C)(C)c1ccc(N)cc1. The Bertz CT molecular complexity index is 299. The van der Waals surface area contributed by atoms with Crippen LogP contribution in [0, 0.1) is 11.3 Å². The lowest BCUT2D eigenvalue weighted by molar-refractivity contribution is 0.590. The Balaban J connectivity index is 0.000000500. The number of nitrogens with zero attached hydrogens (tertiary/aromatic N) is 1. The lowest BCUT2D eigenvalue weighted by Crippen LogP contribution is -2.10. The van der Waals surface area contributed by atoms with Gasteiger partial charge < -0.3 is 5.73 Å². The molecule has 0 fully saturated rings.